The van der Waals surface area contributed by atoms with E-state index in [1.54, 1.807) is 15.9 Å². The molecule has 1 aliphatic carbocycles. The van der Waals surface area contributed by atoms with Crippen LogP contribution >= 0.6 is 11.3 Å². The predicted octanol–water partition coefficient (Wildman–Crippen LogP) is 4.89. The highest BCUT2D eigenvalue weighted by Crippen LogP contribution is 2.34. The molecule has 6 heteroatoms. The molecule has 0 atom stereocenters. The SMILES string of the molecule is CCCn1c(Nc2ccc(OCC)cc2)nc2sc3c(c2c1=O)CCCC3. The topological polar surface area (TPSA) is 56.1 Å². The van der Waals surface area contributed by atoms with Crippen molar-refractivity contribution >= 4 is 33.2 Å². The number of nitrogens with zero attached hydrogens (tertiary/aromatic N) is 2. The van der Waals surface area contributed by atoms with E-state index in [0.29, 0.717) is 19.1 Å². The van der Waals surface area contributed by atoms with Crippen LogP contribution in [0.5, 0.6) is 5.75 Å². The van der Waals surface area contributed by atoms with Gasteiger partial charge in [0, 0.05) is 17.1 Å². The van der Waals surface area contributed by atoms with Crippen LogP contribution in [-0.4, -0.2) is 16.2 Å². The van der Waals surface area contributed by atoms with E-state index in [0.717, 1.165) is 47.3 Å². The Morgan fingerprint density at radius 1 is 1.19 bits per heavy atom. The van der Waals surface area contributed by atoms with Crippen molar-refractivity contribution < 1.29 is 4.74 Å². The van der Waals surface area contributed by atoms with Gasteiger partial charge in [0.15, 0.2) is 0 Å². The summed E-state index contributed by atoms with van der Waals surface area (Å²) in [6.45, 7) is 5.35. The average Bonchev–Trinajstić information content (AvgIpc) is 3.05. The van der Waals surface area contributed by atoms with Gasteiger partial charge in [-0.1, -0.05) is 6.92 Å². The normalized spacial score (nSPS) is 13.6. The quantitative estimate of drug-likeness (QED) is 0.658. The Morgan fingerprint density at radius 3 is 2.70 bits per heavy atom. The summed E-state index contributed by atoms with van der Waals surface area (Å²) >= 11 is 1.69. The van der Waals surface area contributed by atoms with Gasteiger partial charge >= 0.3 is 0 Å². The number of hydrogen-bond acceptors (Lipinski definition) is 5. The van der Waals surface area contributed by atoms with Gasteiger partial charge in [0.1, 0.15) is 10.6 Å². The number of hydrogen-bond donors (Lipinski definition) is 1. The van der Waals surface area contributed by atoms with Gasteiger partial charge in [0.05, 0.1) is 12.0 Å². The number of aryl methyl sites for hydroxylation is 2. The van der Waals surface area contributed by atoms with E-state index >= 15 is 0 Å². The van der Waals surface area contributed by atoms with Crippen molar-refractivity contribution in [2.24, 2.45) is 0 Å². The predicted molar refractivity (Wildman–Crippen MR) is 112 cm³/mol. The average molecular weight is 384 g/mol. The fourth-order valence-corrected chi connectivity index (χ4v) is 4.95. The molecule has 2 aromatic heterocycles. The maximum Gasteiger partial charge on any atom is 0.263 e. The molecule has 5 nitrogen and oxygen atoms in total. The molecular weight excluding hydrogens is 358 g/mol. The van der Waals surface area contributed by atoms with Gasteiger partial charge in [-0.3, -0.25) is 9.36 Å². The molecule has 0 aliphatic heterocycles. The summed E-state index contributed by atoms with van der Waals surface area (Å²) in [6, 6.07) is 7.76. The van der Waals surface area contributed by atoms with Crippen LogP contribution in [0.2, 0.25) is 0 Å². The Balaban J connectivity index is 1.77. The maximum atomic E-state index is 13.3. The monoisotopic (exact) mass is 383 g/mol. The standard InChI is InChI=1S/C21H25N3O2S/c1-3-13-24-20(25)18-16-7-5-6-8-17(16)27-19(18)23-21(24)22-14-9-11-15(12-10-14)26-4-2/h9-12H,3-8,13H2,1-2H3,(H,22,23). The van der Waals surface area contributed by atoms with Gasteiger partial charge in [-0.15, -0.1) is 11.3 Å². The van der Waals surface area contributed by atoms with Crippen LogP contribution in [0.15, 0.2) is 29.1 Å². The van der Waals surface area contributed by atoms with Crippen molar-refractivity contribution in [3.63, 3.8) is 0 Å². The van der Waals surface area contributed by atoms with Crippen molar-refractivity contribution in [1.29, 1.82) is 0 Å². The molecule has 2 heterocycles. The number of ether oxygens (including phenoxy) is 1. The molecule has 27 heavy (non-hydrogen) atoms. The number of anilines is 2. The zero-order valence-electron chi connectivity index (χ0n) is 15.9. The van der Waals surface area contributed by atoms with Crippen molar-refractivity contribution in [2.45, 2.75) is 52.5 Å². The van der Waals surface area contributed by atoms with Crippen molar-refractivity contribution in [2.75, 3.05) is 11.9 Å². The van der Waals surface area contributed by atoms with E-state index in [9.17, 15) is 4.79 Å². The molecule has 0 saturated heterocycles. The zero-order chi connectivity index (χ0) is 18.8. The molecule has 1 aromatic carbocycles. The van der Waals surface area contributed by atoms with Gasteiger partial charge in [-0.2, -0.15) is 0 Å². The first-order chi connectivity index (χ1) is 13.2. The Kier molecular flexibility index (Phi) is 5.16. The number of aromatic nitrogens is 2. The largest absolute Gasteiger partial charge is 0.494 e. The highest BCUT2D eigenvalue weighted by molar-refractivity contribution is 7.18. The first kappa shape index (κ1) is 18.0. The van der Waals surface area contributed by atoms with E-state index < -0.39 is 0 Å². The lowest BCUT2D eigenvalue weighted by Gasteiger charge is -2.14. The summed E-state index contributed by atoms with van der Waals surface area (Å²) in [5, 5.41) is 4.19. The Morgan fingerprint density at radius 2 is 1.96 bits per heavy atom. The fourth-order valence-electron chi connectivity index (χ4n) is 3.70. The van der Waals surface area contributed by atoms with Crippen LogP contribution < -0.4 is 15.6 Å². The first-order valence-electron chi connectivity index (χ1n) is 9.76. The number of fused-ring (bicyclic) bond motifs is 3. The van der Waals surface area contributed by atoms with Crippen molar-refractivity contribution in [3.05, 3.63) is 45.1 Å². The van der Waals surface area contributed by atoms with Crippen molar-refractivity contribution in [3.8, 4) is 5.75 Å². The van der Waals surface area contributed by atoms with E-state index in [1.807, 2.05) is 31.2 Å². The summed E-state index contributed by atoms with van der Waals surface area (Å²) in [6.07, 6.45) is 5.34. The Labute approximate surface area is 163 Å². The molecule has 0 saturated carbocycles. The minimum atomic E-state index is 0.0923. The second-order valence-corrected chi connectivity index (χ2v) is 7.95. The highest BCUT2D eigenvalue weighted by atomic mass is 32.1. The molecule has 0 amide bonds. The molecule has 3 aromatic rings. The van der Waals surface area contributed by atoms with Crippen LogP contribution in [0, 0.1) is 0 Å². The molecule has 0 unspecified atom stereocenters. The number of benzene rings is 1. The van der Waals surface area contributed by atoms with E-state index in [2.05, 4.69) is 12.2 Å². The van der Waals surface area contributed by atoms with Crippen LogP contribution in [0.4, 0.5) is 11.6 Å². The minimum absolute atomic E-state index is 0.0923. The number of rotatable bonds is 6. The number of thiophene rings is 1. The maximum absolute atomic E-state index is 13.3. The second-order valence-electron chi connectivity index (χ2n) is 6.87. The zero-order valence-corrected chi connectivity index (χ0v) is 16.7. The smallest absolute Gasteiger partial charge is 0.263 e. The Bertz CT molecular complexity index is 1000. The third-order valence-corrected chi connectivity index (χ3v) is 6.13. The third kappa shape index (κ3) is 3.46. The van der Waals surface area contributed by atoms with E-state index in [1.165, 1.54) is 16.9 Å². The summed E-state index contributed by atoms with van der Waals surface area (Å²) in [5.41, 5.74) is 2.24. The Hall–Kier alpha value is -2.34. The minimum Gasteiger partial charge on any atom is -0.494 e. The van der Waals surface area contributed by atoms with Gasteiger partial charge in [-0.05, 0) is 68.9 Å². The molecule has 0 fully saturated rings. The fraction of sp³-hybridized carbons (Fsp3) is 0.429. The lowest BCUT2D eigenvalue weighted by atomic mass is 9.97. The lowest BCUT2D eigenvalue weighted by Crippen LogP contribution is -2.24. The molecular formula is C21H25N3O2S. The van der Waals surface area contributed by atoms with Crippen molar-refractivity contribution in [1.82, 2.24) is 9.55 Å². The molecule has 0 bridgehead atoms. The second kappa shape index (κ2) is 7.72. The molecule has 142 valence electrons. The third-order valence-electron chi connectivity index (χ3n) is 4.94. The van der Waals surface area contributed by atoms with Gasteiger partial charge < -0.3 is 10.1 Å². The van der Waals surface area contributed by atoms with Gasteiger partial charge in [-0.25, -0.2) is 4.98 Å². The highest BCUT2D eigenvalue weighted by Gasteiger charge is 2.22. The summed E-state index contributed by atoms with van der Waals surface area (Å²) < 4.78 is 7.29. The van der Waals surface area contributed by atoms with Crippen LogP contribution in [0.25, 0.3) is 10.2 Å². The van der Waals surface area contributed by atoms with Crippen LogP contribution in [0.3, 0.4) is 0 Å². The van der Waals surface area contributed by atoms with Gasteiger partial charge in [0.25, 0.3) is 5.56 Å². The van der Waals surface area contributed by atoms with Crippen LogP contribution in [0.1, 0.15) is 43.6 Å². The first-order valence-corrected chi connectivity index (χ1v) is 10.6. The lowest BCUT2D eigenvalue weighted by molar-refractivity contribution is 0.340. The molecule has 4 rings (SSSR count). The van der Waals surface area contributed by atoms with E-state index in [-0.39, 0.29) is 5.56 Å². The number of nitrogens with one attached hydrogen (secondary N) is 1. The summed E-state index contributed by atoms with van der Waals surface area (Å²) in [7, 11) is 0. The van der Waals surface area contributed by atoms with Crippen LogP contribution in [-0.2, 0) is 19.4 Å². The molecule has 1 N–H and O–H groups in total. The summed E-state index contributed by atoms with van der Waals surface area (Å²) in [5.74, 6) is 1.46. The molecule has 0 spiro atoms. The van der Waals surface area contributed by atoms with E-state index in [4.69, 9.17) is 9.72 Å². The van der Waals surface area contributed by atoms with Gasteiger partial charge in [0.2, 0.25) is 5.95 Å². The summed E-state index contributed by atoms with van der Waals surface area (Å²) in [4.78, 5) is 20.3. The molecule has 1 aliphatic rings. The molecule has 0 radical (unpaired) electrons.